The Morgan fingerprint density at radius 3 is 2.62 bits per heavy atom. The molecule has 26 heavy (non-hydrogen) atoms. The quantitative estimate of drug-likeness (QED) is 0.659. The molecule has 0 saturated carbocycles. The van der Waals surface area contributed by atoms with E-state index in [4.69, 9.17) is 10.1 Å². The van der Waals surface area contributed by atoms with Crippen molar-refractivity contribution in [2.45, 2.75) is 6.04 Å². The van der Waals surface area contributed by atoms with E-state index in [9.17, 15) is 5.11 Å². The summed E-state index contributed by atoms with van der Waals surface area (Å²) in [6, 6.07) is 17.0. The Morgan fingerprint density at radius 1 is 1.15 bits per heavy atom. The predicted molar refractivity (Wildman–Crippen MR) is 101 cm³/mol. The van der Waals surface area contributed by atoms with Crippen molar-refractivity contribution in [3.63, 3.8) is 0 Å². The summed E-state index contributed by atoms with van der Waals surface area (Å²) in [5, 5.41) is 19.7. The van der Waals surface area contributed by atoms with E-state index in [2.05, 4.69) is 9.97 Å². The number of aliphatic hydroxyl groups excluding tert-OH is 1. The number of aromatic nitrogens is 2. The lowest BCUT2D eigenvalue weighted by atomic mass is 10.0. The van der Waals surface area contributed by atoms with Gasteiger partial charge >= 0.3 is 0 Å². The molecular formula is C20H20N4O2. The van der Waals surface area contributed by atoms with Crippen LogP contribution in [-0.2, 0) is 4.74 Å². The topological polar surface area (TPSA) is 85.2 Å². The van der Waals surface area contributed by atoms with Gasteiger partial charge in [-0.2, -0.15) is 0 Å². The van der Waals surface area contributed by atoms with Crippen LogP contribution in [0.25, 0.3) is 16.6 Å². The lowest BCUT2D eigenvalue weighted by Gasteiger charge is -2.27. The minimum atomic E-state index is -0.415. The van der Waals surface area contributed by atoms with Crippen molar-refractivity contribution >= 4 is 22.4 Å². The maximum absolute atomic E-state index is 11.0. The van der Waals surface area contributed by atoms with Gasteiger partial charge < -0.3 is 19.7 Å². The van der Waals surface area contributed by atoms with E-state index in [1.54, 1.807) is 7.11 Å². The van der Waals surface area contributed by atoms with Gasteiger partial charge in [-0.15, -0.1) is 0 Å². The molecule has 1 aliphatic heterocycles. The van der Waals surface area contributed by atoms with Crippen molar-refractivity contribution in [2.24, 2.45) is 0 Å². The summed E-state index contributed by atoms with van der Waals surface area (Å²) in [5.41, 5.74) is 3.05. The molecule has 0 radical (unpaired) electrons. The number of amidine groups is 1. The molecule has 2 aromatic carbocycles. The Morgan fingerprint density at radius 2 is 1.88 bits per heavy atom. The number of hydrogen-bond donors (Lipinski definition) is 3. The first-order valence-corrected chi connectivity index (χ1v) is 8.48. The number of rotatable bonds is 5. The smallest absolute Gasteiger partial charge is 0.145 e. The van der Waals surface area contributed by atoms with Gasteiger partial charge in [-0.1, -0.05) is 42.5 Å². The molecule has 0 spiro atoms. The molecule has 6 nitrogen and oxygen atoms in total. The largest absolute Gasteiger partial charge is 0.509 e. The molecule has 0 amide bonds. The highest BCUT2D eigenvalue weighted by molar-refractivity contribution is 6.23. The number of imidazole rings is 1. The molecule has 132 valence electrons. The van der Waals surface area contributed by atoms with Crippen LogP contribution >= 0.6 is 0 Å². The number of nitrogens with zero attached hydrogens (tertiary/aromatic N) is 2. The number of H-pyrrole nitrogens is 1. The molecule has 3 aromatic rings. The molecule has 6 heteroatoms. The van der Waals surface area contributed by atoms with Crippen LogP contribution in [0.2, 0.25) is 0 Å². The Kier molecular flexibility index (Phi) is 4.18. The van der Waals surface area contributed by atoms with E-state index in [0.29, 0.717) is 24.5 Å². The fourth-order valence-electron chi connectivity index (χ4n) is 3.39. The van der Waals surface area contributed by atoms with Crippen LogP contribution in [0.15, 0.2) is 60.4 Å². The molecule has 0 fully saturated rings. The van der Waals surface area contributed by atoms with Gasteiger partial charge in [0.1, 0.15) is 23.5 Å². The van der Waals surface area contributed by atoms with E-state index < -0.39 is 6.04 Å². The van der Waals surface area contributed by atoms with Gasteiger partial charge in [0.25, 0.3) is 0 Å². The molecule has 1 aromatic heterocycles. The molecule has 2 heterocycles. The second-order valence-electron chi connectivity index (χ2n) is 6.21. The van der Waals surface area contributed by atoms with Gasteiger partial charge in [-0.05, 0) is 17.7 Å². The number of aromatic amines is 1. The third-order valence-corrected chi connectivity index (χ3v) is 4.63. The number of aliphatic hydroxyl groups is 1. The normalized spacial score (nSPS) is 17.5. The van der Waals surface area contributed by atoms with Crippen LogP contribution in [-0.4, -0.2) is 46.1 Å². The van der Waals surface area contributed by atoms with Gasteiger partial charge in [-0.3, -0.25) is 5.41 Å². The Hall–Kier alpha value is -3.12. The van der Waals surface area contributed by atoms with Crippen molar-refractivity contribution in [1.29, 1.82) is 5.41 Å². The average molecular weight is 348 g/mol. The molecule has 1 aliphatic rings. The minimum Gasteiger partial charge on any atom is -0.509 e. The summed E-state index contributed by atoms with van der Waals surface area (Å²) in [5.74, 6) is 0.887. The van der Waals surface area contributed by atoms with Crippen molar-refractivity contribution in [1.82, 2.24) is 14.9 Å². The average Bonchev–Trinajstić information content (AvgIpc) is 3.18. The zero-order valence-corrected chi connectivity index (χ0v) is 14.4. The van der Waals surface area contributed by atoms with E-state index >= 15 is 0 Å². The highest BCUT2D eigenvalue weighted by Gasteiger charge is 2.39. The molecule has 1 atom stereocenters. The fourth-order valence-corrected chi connectivity index (χ4v) is 3.39. The summed E-state index contributed by atoms with van der Waals surface area (Å²) in [6.07, 6.45) is 0. The Bertz CT molecular complexity index is 945. The van der Waals surface area contributed by atoms with Crippen LogP contribution in [0.1, 0.15) is 17.4 Å². The first-order chi connectivity index (χ1) is 12.7. The lowest BCUT2D eigenvalue weighted by molar-refractivity contribution is 0.161. The number of fused-ring (bicyclic) bond motifs is 1. The number of para-hydroxylation sites is 2. The van der Waals surface area contributed by atoms with E-state index in [-0.39, 0.29) is 11.6 Å². The zero-order chi connectivity index (χ0) is 18.1. The third kappa shape index (κ3) is 2.64. The monoisotopic (exact) mass is 348 g/mol. The standard InChI is InChI=1S/C20H20N4O2/c1-26-12-11-24-17(13-7-3-2-4-8-13)18(25)16(19(24)21)20-22-14-9-5-6-10-15(14)23-20/h2-10,17,21,25H,11-12H2,1H3,(H,22,23). The first kappa shape index (κ1) is 16.4. The summed E-state index contributed by atoms with van der Waals surface area (Å²) < 4.78 is 5.20. The molecule has 4 rings (SSSR count). The maximum Gasteiger partial charge on any atom is 0.145 e. The van der Waals surface area contributed by atoms with Crippen LogP contribution in [0.4, 0.5) is 0 Å². The molecule has 1 unspecified atom stereocenters. The Labute approximate surface area is 151 Å². The molecular weight excluding hydrogens is 328 g/mol. The number of hydrogen-bond acceptors (Lipinski definition) is 4. The second-order valence-corrected chi connectivity index (χ2v) is 6.21. The highest BCUT2D eigenvalue weighted by atomic mass is 16.5. The molecule has 0 bridgehead atoms. The number of ether oxygens (including phenoxy) is 1. The zero-order valence-electron chi connectivity index (χ0n) is 14.4. The SMILES string of the molecule is COCCN1C(=N)C(c2nc3ccccc3[nH]2)=C(O)C1c1ccccc1. The van der Waals surface area contributed by atoms with Gasteiger partial charge in [0.2, 0.25) is 0 Å². The summed E-state index contributed by atoms with van der Waals surface area (Å²) >= 11 is 0. The number of benzene rings is 2. The fraction of sp³-hybridized carbons (Fsp3) is 0.200. The minimum absolute atomic E-state index is 0.136. The first-order valence-electron chi connectivity index (χ1n) is 8.48. The van der Waals surface area contributed by atoms with Crippen molar-refractivity contribution in [2.75, 3.05) is 20.3 Å². The van der Waals surface area contributed by atoms with Crippen LogP contribution < -0.4 is 0 Å². The van der Waals surface area contributed by atoms with E-state index in [1.807, 2.05) is 59.5 Å². The summed E-state index contributed by atoms with van der Waals surface area (Å²) in [6.45, 7) is 0.967. The highest BCUT2D eigenvalue weighted by Crippen LogP contribution is 2.40. The van der Waals surface area contributed by atoms with Gasteiger partial charge in [0, 0.05) is 13.7 Å². The van der Waals surface area contributed by atoms with Crippen molar-refractivity contribution in [3.05, 3.63) is 71.7 Å². The van der Waals surface area contributed by atoms with Gasteiger partial charge in [0.05, 0.1) is 23.2 Å². The number of methoxy groups -OCH3 is 1. The van der Waals surface area contributed by atoms with Crippen LogP contribution in [0.5, 0.6) is 0 Å². The van der Waals surface area contributed by atoms with E-state index in [0.717, 1.165) is 16.6 Å². The summed E-state index contributed by atoms with van der Waals surface area (Å²) in [7, 11) is 1.63. The van der Waals surface area contributed by atoms with Gasteiger partial charge in [0.15, 0.2) is 0 Å². The lowest BCUT2D eigenvalue weighted by Crippen LogP contribution is -2.32. The van der Waals surface area contributed by atoms with Crippen molar-refractivity contribution < 1.29 is 9.84 Å². The number of nitrogens with one attached hydrogen (secondary N) is 2. The molecule has 3 N–H and O–H groups in total. The maximum atomic E-state index is 11.0. The van der Waals surface area contributed by atoms with Crippen LogP contribution in [0, 0.1) is 5.41 Å². The predicted octanol–water partition coefficient (Wildman–Crippen LogP) is 3.51. The Balaban J connectivity index is 1.81. The third-order valence-electron chi connectivity index (χ3n) is 4.63. The second kappa shape index (κ2) is 6.65. The molecule has 0 aliphatic carbocycles. The molecule has 0 saturated heterocycles. The van der Waals surface area contributed by atoms with Gasteiger partial charge in [-0.25, -0.2) is 4.98 Å². The van der Waals surface area contributed by atoms with Crippen LogP contribution in [0.3, 0.4) is 0 Å². The van der Waals surface area contributed by atoms with E-state index in [1.165, 1.54) is 0 Å². The summed E-state index contributed by atoms with van der Waals surface area (Å²) in [4.78, 5) is 9.63. The van der Waals surface area contributed by atoms with Crippen molar-refractivity contribution in [3.8, 4) is 0 Å².